The molecule has 0 spiro atoms. The van der Waals surface area contributed by atoms with Crippen molar-refractivity contribution >= 4 is 17.3 Å². The fourth-order valence-electron chi connectivity index (χ4n) is 3.96. The van der Waals surface area contributed by atoms with Crippen LogP contribution in [-0.2, 0) is 6.18 Å². The number of aromatic nitrogens is 3. The molecule has 31 heavy (non-hydrogen) atoms. The van der Waals surface area contributed by atoms with E-state index < -0.39 is 17.3 Å². The van der Waals surface area contributed by atoms with Crippen LogP contribution in [0.2, 0.25) is 5.02 Å². The Labute approximate surface area is 182 Å². The van der Waals surface area contributed by atoms with Crippen molar-refractivity contribution in [2.75, 3.05) is 18.0 Å². The van der Waals surface area contributed by atoms with E-state index in [0.29, 0.717) is 17.8 Å². The summed E-state index contributed by atoms with van der Waals surface area (Å²) >= 11 is 6.34. The Morgan fingerprint density at radius 3 is 2.39 bits per heavy atom. The molecule has 1 saturated heterocycles. The number of alkyl halides is 3. The fraction of sp³-hybridized carbons (Fsp3) is 0.318. The second kappa shape index (κ2) is 8.34. The van der Waals surface area contributed by atoms with E-state index in [1.54, 1.807) is 0 Å². The summed E-state index contributed by atoms with van der Waals surface area (Å²) < 4.78 is 39.1. The second-order valence-electron chi connectivity index (χ2n) is 7.58. The van der Waals surface area contributed by atoms with Gasteiger partial charge in [0.2, 0.25) is 0 Å². The lowest BCUT2D eigenvalue weighted by molar-refractivity contribution is -0.137. The van der Waals surface area contributed by atoms with Gasteiger partial charge in [0.05, 0.1) is 17.4 Å². The van der Waals surface area contributed by atoms with Crippen molar-refractivity contribution in [1.82, 2.24) is 14.8 Å². The molecule has 4 rings (SSSR count). The van der Waals surface area contributed by atoms with Gasteiger partial charge in [-0.1, -0.05) is 35.9 Å². The largest absolute Gasteiger partial charge is 0.417 e. The first kappa shape index (κ1) is 21.4. The number of benzene rings is 1. The highest BCUT2D eigenvalue weighted by molar-refractivity contribution is 6.33. The van der Waals surface area contributed by atoms with Crippen molar-refractivity contribution in [1.29, 1.82) is 0 Å². The van der Waals surface area contributed by atoms with E-state index in [4.69, 9.17) is 11.6 Å². The van der Waals surface area contributed by atoms with Gasteiger partial charge in [0.25, 0.3) is 5.56 Å². The highest BCUT2D eigenvalue weighted by Gasteiger charge is 2.31. The molecule has 0 radical (unpaired) electrons. The number of anilines is 1. The molecule has 3 aromatic rings. The quantitative estimate of drug-likeness (QED) is 0.566. The Balaban J connectivity index is 1.53. The summed E-state index contributed by atoms with van der Waals surface area (Å²) in [6, 6.07) is 10.3. The fourth-order valence-corrected chi connectivity index (χ4v) is 4.21. The first-order chi connectivity index (χ1) is 14.8. The summed E-state index contributed by atoms with van der Waals surface area (Å²) in [5.41, 5.74) is 1.62. The standard InChI is InChI=1S/C22H20ClF3N4O/c1-14-4-2-3-5-17(14)15-8-10-29(11-9-15)18-13-28-30(21(31)20(18)23)19-7-6-16(12-27-19)22(24,25)26/h2-7,12-13,15H,8-11H2,1H3. The van der Waals surface area contributed by atoms with Crippen LogP contribution in [0.15, 0.2) is 53.6 Å². The summed E-state index contributed by atoms with van der Waals surface area (Å²) in [4.78, 5) is 18.5. The van der Waals surface area contributed by atoms with Gasteiger partial charge >= 0.3 is 6.18 Å². The van der Waals surface area contributed by atoms with Gasteiger partial charge in [0.15, 0.2) is 5.82 Å². The molecule has 0 aliphatic carbocycles. The molecule has 0 unspecified atom stereocenters. The van der Waals surface area contributed by atoms with E-state index in [0.717, 1.165) is 42.7 Å². The summed E-state index contributed by atoms with van der Waals surface area (Å²) in [5.74, 6) is 0.422. The van der Waals surface area contributed by atoms with E-state index in [1.165, 1.54) is 17.3 Å². The van der Waals surface area contributed by atoms with Gasteiger partial charge in [-0.05, 0) is 48.9 Å². The lowest BCUT2D eigenvalue weighted by Gasteiger charge is -2.34. The number of piperidine rings is 1. The first-order valence-corrected chi connectivity index (χ1v) is 10.3. The molecular weight excluding hydrogens is 429 g/mol. The van der Waals surface area contributed by atoms with Gasteiger partial charge in [-0.25, -0.2) is 4.98 Å². The van der Waals surface area contributed by atoms with Crippen LogP contribution in [0.3, 0.4) is 0 Å². The molecule has 0 N–H and O–H groups in total. The van der Waals surface area contributed by atoms with Crippen LogP contribution >= 0.6 is 11.6 Å². The molecule has 1 aliphatic heterocycles. The molecule has 0 saturated carbocycles. The number of halogens is 4. The van der Waals surface area contributed by atoms with Crippen molar-refractivity contribution in [3.8, 4) is 5.82 Å². The number of hydrogen-bond acceptors (Lipinski definition) is 4. The Morgan fingerprint density at radius 2 is 1.77 bits per heavy atom. The predicted molar refractivity (Wildman–Crippen MR) is 113 cm³/mol. The number of rotatable bonds is 3. The molecule has 1 aromatic carbocycles. The van der Waals surface area contributed by atoms with Crippen LogP contribution in [0.5, 0.6) is 0 Å². The smallest absolute Gasteiger partial charge is 0.369 e. The molecule has 0 amide bonds. The zero-order valence-electron chi connectivity index (χ0n) is 16.7. The molecule has 0 atom stereocenters. The van der Waals surface area contributed by atoms with Gasteiger partial charge in [-0.15, -0.1) is 0 Å². The molecule has 1 fully saturated rings. The van der Waals surface area contributed by atoms with Crippen molar-refractivity contribution in [3.05, 3.63) is 80.9 Å². The van der Waals surface area contributed by atoms with Gasteiger partial charge in [-0.3, -0.25) is 4.79 Å². The van der Waals surface area contributed by atoms with Crippen LogP contribution in [0, 0.1) is 6.92 Å². The maximum absolute atomic E-state index is 12.7. The Kier molecular flexibility index (Phi) is 5.75. The van der Waals surface area contributed by atoms with Crippen LogP contribution < -0.4 is 10.5 Å². The van der Waals surface area contributed by atoms with E-state index >= 15 is 0 Å². The van der Waals surface area contributed by atoms with Crippen molar-refractivity contribution < 1.29 is 13.2 Å². The lowest BCUT2D eigenvalue weighted by atomic mass is 9.87. The lowest BCUT2D eigenvalue weighted by Crippen LogP contribution is -2.35. The van der Waals surface area contributed by atoms with Gasteiger partial charge in [0, 0.05) is 19.3 Å². The number of nitrogens with zero attached hydrogens (tertiary/aromatic N) is 4. The zero-order chi connectivity index (χ0) is 22.2. The Hall–Kier alpha value is -2.87. The minimum Gasteiger partial charge on any atom is -0.369 e. The molecule has 162 valence electrons. The summed E-state index contributed by atoms with van der Waals surface area (Å²) in [6.07, 6.45) is -0.524. The molecule has 9 heteroatoms. The van der Waals surface area contributed by atoms with Crippen LogP contribution in [-0.4, -0.2) is 27.9 Å². The molecule has 1 aliphatic rings. The number of hydrogen-bond donors (Lipinski definition) is 0. The molecule has 0 bridgehead atoms. The van der Waals surface area contributed by atoms with Gasteiger partial charge < -0.3 is 4.90 Å². The average Bonchev–Trinajstić information content (AvgIpc) is 2.76. The van der Waals surface area contributed by atoms with E-state index in [-0.39, 0.29) is 10.8 Å². The minimum atomic E-state index is -4.50. The third-order valence-corrected chi connectivity index (χ3v) is 6.01. The number of aryl methyl sites for hydroxylation is 1. The van der Waals surface area contributed by atoms with E-state index in [9.17, 15) is 18.0 Å². The second-order valence-corrected chi connectivity index (χ2v) is 7.96. The topological polar surface area (TPSA) is 51.0 Å². The van der Waals surface area contributed by atoms with Crippen molar-refractivity contribution in [2.45, 2.75) is 31.9 Å². The van der Waals surface area contributed by atoms with E-state index in [1.807, 2.05) is 17.0 Å². The predicted octanol–water partition coefficient (Wildman–Crippen LogP) is 4.99. The van der Waals surface area contributed by atoms with Crippen molar-refractivity contribution in [2.24, 2.45) is 0 Å². The van der Waals surface area contributed by atoms with E-state index in [2.05, 4.69) is 29.1 Å². The third-order valence-electron chi connectivity index (χ3n) is 5.66. The average molecular weight is 449 g/mol. The highest BCUT2D eigenvalue weighted by Crippen LogP contribution is 2.33. The zero-order valence-corrected chi connectivity index (χ0v) is 17.5. The summed E-state index contributed by atoms with van der Waals surface area (Å²) in [6.45, 7) is 3.56. The van der Waals surface area contributed by atoms with Gasteiger partial charge in [0.1, 0.15) is 5.02 Å². The van der Waals surface area contributed by atoms with Gasteiger partial charge in [-0.2, -0.15) is 23.0 Å². The number of pyridine rings is 1. The Bertz CT molecular complexity index is 1140. The molecular formula is C22H20ClF3N4O. The normalized spacial score (nSPS) is 15.3. The third kappa shape index (κ3) is 4.30. The monoisotopic (exact) mass is 448 g/mol. The highest BCUT2D eigenvalue weighted by atomic mass is 35.5. The molecule has 5 nitrogen and oxygen atoms in total. The SMILES string of the molecule is Cc1ccccc1C1CCN(c2cnn(-c3ccc(C(F)(F)F)cn3)c(=O)c2Cl)CC1. The molecule has 2 aromatic heterocycles. The van der Waals surface area contributed by atoms with Crippen LogP contribution in [0.4, 0.5) is 18.9 Å². The van der Waals surface area contributed by atoms with Crippen LogP contribution in [0.1, 0.15) is 35.4 Å². The summed E-state index contributed by atoms with van der Waals surface area (Å²) in [5, 5.41) is 4.08. The van der Waals surface area contributed by atoms with Crippen molar-refractivity contribution in [3.63, 3.8) is 0 Å². The first-order valence-electron chi connectivity index (χ1n) is 9.87. The van der Waals surface area contributed by atoms with Crippen LogP contribution in [0.25, 0.3) is 5.82 Å². The molecule has 3 heterocycles. The summed E-state index contributed by atoms with van der Waals surface area (Å²) in [7, 11) is 0. The maximum atomic E-state index is 12.7. The Morgan fingerprint density at radius 1 is 1.06 bits per heavy atom. The maximum Gasteiger partial charge on any atom is 0.417 e. The minimum absolute atomic E-state index is 0.0222.